The molecule has 2 atom stereocenters. The van der Waals surface area contributed by atoms with Crippen molar-refractivity contribution in [2.24, 2.45) is 0 Å². The molecule has 1 aliphatic rings. The van der Waals surface area contributed by atoms with E-state index in [1.54, 1.807) is 36.3 Å². The van der Waals surface area contributed by atoms with Crippen LogP contribution in [-0.2, 0) is 11.3 Å². The molecule has 38 heavy (non-hydrogen) atoms. The minimum atomic E-state index is -0.694. The molecule has 0 aliphatic carbocycles. The van der Waals surface area contributed by atoms with Gasteiger partial charge in [0.05, 0.1) is 19.1 Å². The van der Waals surface area contributed by atoms with Crippen molar-refractivity contribution in [3.8, 4) is 5.75 Å². The molecule has 5 rings (SSSR count). The summed E-state index contributed by atoms with van der Waals surface area (Å²) in [5.74, 6) is -0.776. The molecule has 0 saturated carbocycles. The zero-order valence-corrected chi connectivity index (χ0v) is 22.5. The number of benzene rings is 4. The van der Waals surface area contributed by atoms with E-state index in [4.69, 9.17) is 4.74 Å². The van der Waals surface area contributed by atoms with E-state index in [0.29, 0.717) is 22.6 Å². The van der Waals surface area contributed by atoms with Crippen LogP contribution in [0.25, 0.3) is 0 Å². The fraction of sp³-hybridized carbons (Fsp3) is 0.161. The molecule has 0 fully saturated rings. The standard InChI is InChI=1S/C31H26BrFN2O3/c1-19-17-22(32)11-16-27(19)34-30(36)28-25-5-3-4-6-26(25)31(37)35(18-20-7-12-23(33)13-8-20)29(28)21-9-14-24(38-2)15-10-21/h3-17,28-29H,18H2,1-2H3,(H,34,36)/t28-,29-/m1/s1. The molecule has 7 heteroatoms. The van der Waals surface area contributed by atoms with Crippen LogP contribution in [0.1, 0.15) is 44.6 Å². The molecule has 0 aromatic heterocycles. The number of anilines is 1. The van der Waals surface area contributed by atoms with E-state index in [9.17, 15) is 14.0 Å². The lowest BCUT2D eigenvalue weighted by Gasteiger charge is -2.42. The number of hydrogen-bond donors (Lipinski definition) is 1. The number of methoxy groups -OCH3 is 1. The SMILES string of the molecule is COc1ccc([C@@H]2[C@H](C(=O)Nc3ccc(Br)cc3C)c3ccccc3C(=O)N2Cc2ccc(F)cc2)cc1. The van der Waals surface area contributed by atoms with Gasteiger partial charge in [-0.3, -0.25) is 9.59 Å². The Kier molecular flexibility index (Phi) is 7.29. The first-order valence-electron chi connectivity index (χ1n) is 12.2. The average Bonchev–Trinajstić information content (AvgIpc) is 2.93. The van der Waals surface area contributed by atoms with Crippen molar-refractivity contribution in [2.75, 3.05) is 12.4 Å². The number of ether oxygens (including phenoxy) is 1. The van der Waals surface area contributed by atoms with Gasteiger partial charge < -0.3 is 15.0 Å². The smallest absolute Gasteiger partial charge is 0.255 e. The molecule has 4 aromatic carbocycles. The van der Waals surface area contributed by atoms with Crippen molar-refractivity contribution >= 4 is 33.4 Å². The molecule has 5 nitrogen and oxygen atoms in total. The fourth-order valence-electron chi connectivity index (χ4n) is 4.99. The van der Waals surface area contributed by atoms with Crippen molar-refractivity contribution in [3.05, 3.63) is 129 Å². The Labute approximate surface area is 229 Å². The topological polar surface area (TPSA) is 58.6 Å². The number of carbonyl (C=O) groups excluding carboxylic acids is 2. The van der Waals surface area contributed by atoms with Crippen LogP contribution in [0, 0.1) is 12.7 Å². The Bertz CT molecular complexity index is 1490. The second-order valence-electron chi connectivity index (χ2n) is 9.29. The van der Waals surface area contributed by atoms with Gasteiger partial charge in [-0.1, -0.05) is 58.4 Å². The van der Waals surface area contributed by atoms with Gasteiger partial charge >= 0.3 is 0 Å². The van der Waals surface area contributed by atoms with Crippen LogP contribution in [0.5, 0.6) is 5.75 Å². The summed E-state index contributed by atoms with van der Waals surface area (Å²) in [7, 11) is 1.59. The van der Waals surface area contributed by atoms with E-state index in [1.165, 1.54) is 12.1 Å². The van der Waals surface area contributed by atoms with Crippen molar-refractivity contribution in [1.82, 2.24) is 4.90 Å². The Hall–Kier alpha value is -3.97. The number of rotatable bonds is 6. The summed E-state index contributed by atoms with van der Waals surface area (Å²) in [6.45, 7) is 2.14. The highest BCUT2D eigenvalue weighted by atomic mass is 79.9. The van der Waals surface area contributed by atoms with Crippen LogP contribution < -0.4 is 10.1 Å². The summed E-state index contributed by atoms with van der Waals surface area (Å²) >= 11 is 3.47. The maximum Gasteiger partial charge on any atom is 0.255 e. The van der Waals surface area contributed by atoms with Gasteiger partial charge in [-0.05, 0) is 77.7 Å². The first-order valence-corrected chi connectivity index (χ1v) is 13.0. The molecule has 0 radical (unpaired) electrons. The van der Waals surface area contributed by atoms with E-state index in [0.717, 1.165) is 21.2 Å². The summed E-state index contributed by atoms with van der Waals surface area (Å²) in [5, 5.41) is 3.11. The van der Waals surface area contributed by atoms with E-state index in [-0.39, 0.29) is 24.2 Å². The van der Waals surface area contributed by atoms with Crippen LogP contribution in [-0.4, -0.2) is 23.8 Å². The minimum absolute atomic E-state index is 0.186. The van der Waals surface area contributed by atoms with Gasteiger partial charge in [0.15, 0.2) is 0 Å². The zero-order chi connectivity index (χ0) is 26.8. The van der Waals surface area contributed by atoms with Crippen LogP contribution in [0.15, 0.2) is 95.5 Å². The highest BCUT2D eigenvalue weighted by molar-refractivity contribution is 9.10. The number of carbonyl (C=O) groups is 2. The van der Waals surface area contributed by atoms with Gasteiger partial charge in [-0.2, -0.15) is 0 Å². The third-order valence-corrected chi connectivity index (χ3v) is 7.38. The monoisotopic (exact) mass is 572 g/mol. The van der Waals surface area contributed by atoms with Crippen molar-refractivity contribution in [2.45, 2.75) is 25.4 Å². The van der Waals surface area contributed by atoms with Crippen LogP contribution in [0.3, 0.4) is 0 Å². The molecule has 4 aromatic rings. The lowest BCUT2D eigenvalue weighted by atomic mass is 9.79. The first kappa shape index (κ1) is 25.7. The molecule has 1 N–H and O–H groups in total. The highest BCUT2D eigenvalue weighted by Gasteiger charge is 2.44. The molecule has 1 heterocycles. The zero-order valence-electron chi connectivity index (χ0n) is 20.9. The number of hydrogen-bond acceptors (Lipinski definition) is 3. The lowest BCUT2D eigenvalue weighted by Crippen LogP contribution is -2.45. The summed E-state index contributed by atoms with van der Waals surface area (Å²) < 4.78 is 19.9. The third-order valence-electron chi connectivity index (χ3n) is 6.89. The Morgan fingerprint density at radius 3 is 2.39 bits per heavy atom. The van der Waals surface area contributed by atoms with Gasteiger partial charge in [0.1, 0.15) is 11.6 Å². The average molecular weight is 573 g/mol. The normalized spacial score (nSPS) is 16.6. The maximum atomic E-state index is 14.1. The molecule has 0 bridgehead atoms. The number of nitrogens with one attached hydrogen (secondary N) is 1. The predicted octanol–water partition coefficient (Wildman–Crippen LogP) is 7.02. The Morgan fingerprint density at radius 1 is 1.00 bits per heavy atom. The van der Waals surface area contributed by atoms with Crippen molar-refractivity contribution in [3.63, 3.8) is 0 Å². The fourth-order valence-corrected chi connectivity index (χ4v) is 5.46. The number of halogens is 2. The summed E-state index contributed by atoms with van der Waals surface area (Å²) in [5.41, 5.74) is 4.32. The second-order valence-corrected chi connectivity index (χ2v) is 10.2. The van der Waals surface area contributed by atoms with Crippen molar-refractivity contribution in [1.29, 1.82) is 0 Å². The van der Waals surface area contributed by atoms with Gasteiger partial charge in [0.2, 0.25) is 5.91 Å². The first-order chi connectivity index (χ1) is 18.4. The summed E-state index contributed by atoms with van der Waals surface area (Å²) in [6, 6.07) is 25.8. The highest BCUT2D eigenvalue weighted by Crippen LogP contribution is 2.44. The maximum absolute atomic E-state index is 14.1. The number of nitrogens with zero attached hydrogens (tertiary/aromatic N) is 1. The quantitative estimate of drug-likeness (QED) is 0.270. The third kappa shape index (κ3) is 5.07. The predicted molar refractivity (Wildman–Crippen MR) is 149 cm³/mol. The molecule has 2 amide bonds. The molecular formula is C31H26BrFN2O3. The van der Waals surface area contributed by atoms with Crippen molar-refractivity contribution < 1.29 is 18.7 Å². The number of aryl methyl sites for hydroxylation is 1. The van der Waals surface area contributed by atoms with Gasteiger partial charge in [-0.25, -0.2) is 4.39 Å². The number of fused-ring (bicyclic) bond motifs is 1. The van der Waals surface area contributed by atoms with Crippen LogP contribution >= 0.6 is 15.9 Å². The molecule has 1 aliphatic heterocycles. The molecule has 0 spiro atoms. The van der Waals surface area contributed by atoms with Gasteiger partial charge in [0, 0.05) is 22.3 Å². The largest absolute Gasteiger partial charge is 0.497 e. The van der Waals surface area contributed by atoms with E-state index in [2.05, 4.69) is 21.2 Å². The van der Waals surface area contributed by atoms with Gasteiger partial charge in [-0.15, -0.1) is 0 Å². The molecule has 0 saturated heterocycles. The van der Waals surface area contributed by atoms with Gasteiger partial charge in [0.25, 0.3) is 5.91 Å². The number of amides is 2. The van der Waals surface area contributed by atoms with E-state index < -0.39 is 12.0 Å². The Morgan fingerprint density at radius 2 is 1.71 bits per heavy atom. The Balaban J connectivity index is 1.64. The van der Waals surface area contributed by atoms with Crippen LogP contribution in [0.4, 0.5) is 10.1 Å². The second kappa shape index (κ2) is 10.8. The lowest BCUT2D eigenvalue weighted by molar-refractivity contribution is -0.119. The van der Waals surface area contributed by atoms with E-state index in [1.807, 2.05) is 61.5 Å². The minimum Gasteiger partial charge on any atom is -0.497 e. The van der Waals surface area contributed by atoms with Crippen LogP contribution in [0.2, 0.25) is 0 Å². The summed E-state index contributed by atoms with van der Waals surface area (Å²) in [4.78, 5) is 29.7. The molecule has 192 valence electrons. The molecular weight excluding hydrogens is 547 g/mol. The molecule has 0 unspecified atom stereocenters. The van der Waals surface area contributed by atoms with E-state index >= 15 is 0 Å². The summed E-state index contributed by atoms with van der Waals surface area (Å²) in [6.07, 6.45) is 0.